The molecule has 0 saturated carbocycles. The number of aliphatic imine (C=N–C) groups is 1. The van der Waals surface area contributed by atoms with Gasteiger partial charge >= 0.3 is 0 Å². The van der Waals surface area contributed by atoms with Crippen LogP contribution >= 0.6 is 0 Å². The molecule has 0 aliphatic carbocycles. The van der Waals surface area contributed by atoms with Gasteiger partial charge in [-0.15, -0.1) is 0 Å². The van der Waals surface area contributed by atoms with Gasteiger partial charge in [-0.05, 0) is 5.56 Å². The van der Waals surface area contributed by atoms with E-state index in [2.05, 4.69) is 31.0 Å². The molecule has 1 amide bonds. The number of hydrogen-bond donors (Lipinski definition) is 3. The lowest BCUT2D eigenvalue weighted by molar-refractivity contribution is -0.120. The molecule has 122 valence electrons. The molecule has 3 N–H and O–H groups in total. The van der Waals surface area contributed by atoms with Crippen molar-refractivity contribution in [3.05, 3.63) is 48.0 Å². The number of amides is 1. The third kappa shape index (κ3) is 5.42. The van der Waals surface area contributed by atoms with E-state index in [4.69, 9.17) is 0 Å². The van der Waals surface area contributed by atoms with Crippen LogP contribution in [0, 0.1) is 0 Å². The Labute approximate surface area is 135 Å². The van der Waals surface area contributed by atoms with Crippen molar-refractivity contribution in [1.82, 2.24) is 30.7 Å². The predicted molar refractivity (Wildman–Crippen MR) is 87.5 cm³/mol. The second-order valence-corrected chi connectivity index (χ2v) is 4.84. The highest BCUT2D eigenvalue weighted by Gasteiger charge is 2.05. The van der Waals surface area contributed by atoms with Crippen LogP contribution in [0.2, 0.25) is 0 Å². The molecule has 0 bridgehead atoms. The summed E-state index contributed by atoms with van der Waals surface area (Å²) in [4.78, 5) is 20.0. The average Bonchev–Trinajstić information content (AvgIpc) is 2.99. The third-order valence-electron chi connectivity index (χ3n) is 3.19. The molecular formula is C15H21N7O. The number of nitrogens with one attached hydrogen (secondary N) is 3. The number of carbonyl (C=O) groups is 1. The van der Waals surface area contributed by atoms with Crippen LogP contribution in [-0.2, 0) is 24.9 Å². The van der Waals surface area contributed by atoms with E-state index in [0.717, 1.165) is 11.4 Å². The molecule has 0 fully saturated rings. The summed E-state index contributed by atoms with van der Waals surface area (Å²) in [5.74, 6) is 1.21. The Morgan fingerprint density at radius 3 is 2.61 bits per heavy atom. The maximum absolute atomic E-state index is 11.8. The summed E-state index contributed by atoms with van der Waals surface area (Å²) >= 11 is 0. The number of guanidine groups is 1. The largest absolute Gasteiger partial charge is 0.350 e. The normalized spacial score (nSPS) is 11.1. The Bertz CT molecular complexity index is 651. The van der Waals surface area contributed by atoms with Crippen molar-refractivity contribution in [3.63, 3.8) is 0 Å². The van der Waals surface area contributed by atoms with Crippen molar-refractivity contribution in [2.45, 2.75) is 13.1 Å². The molecule has 2 rings (SSSR count). The quantitative estimate of drug-likeness (QED) is 0.507. The molecule has 0 radical (unpaired) electrons. The fourth-order valence-corrected chi connectivity index (χ4v) is 1.89. The Kier molecular flexibility index (Phi) is 6.10. The molecule has 1 aromatic heterocycles. The van der Waals surface area contributed by atoms with Gasteiger partial charge in [-0.1, -0.05) is 30.3 Å². The van der Waals surface area contributed by atoms with Gasteiger partial charge in [0.15, 0.2) is 5.96 Å². The lowest BCUT2D eigenvalue weighted by atomic mass is 10.2. The monoisotopic (exact) mass is 315 g/mol. The first-order chi connectivity index (χ1) is 11.2. The zero-order valence-corrected chi connectivity index (χ0v) is 13.3. The van der Waals surface area contributed by atoms with Crippen LogP contribution in [0.25, 0.3) is 0 Å². The van der Waals surface area contributed by atoms with Gasteiger partial charge in [0.05, 0.1) is 13.1 Å². The van der Waals surface area contributed by atoms with Crippen LogP contribution < -0.4 is 16.0 Å². The summed E-state index contributed by atoms with van der Waals surface area (Å²) in [6.45, 7) is 1.12. The number of nitrogens with zero attached hydrogens (tertiary/aromatic N) is 4. The Morgan fingerprint density at radius 1 is 1.17 bits per heavy atom. The van der Waals surface area contributed by atoms with Gasteiger partial charge in [-0.3, -0.25) is 14.5 Å². The van der Waals surface area contributed by atoms with E-state index < -0.39 is 0 Å². The highest BCUT2D eigenvalue weighted by molar-refractivity contribution is 5.86. The predicted octanol–water partition coefficient (Wildman–Crippen LogP) is -0.203. The third-order valence-corrected chi connectivity index (χ3v) is 3.19. The summed E-state index contributed by atoms with van der Waals surface area (Å²) in [7, 11) is 3.46. The van der Waals surface area contributed by atoms with Crippen molar-refractivity contribution >= 4 is 11.9 Å². The molecule has 0 aliphatic heterocycles. The highest BCUT2D eigenvalue weighted by atomic mass is 16.1. The first-order valence-corrected chi connectivity index (χ1v) is 7.27. The molecule has 23 heavy (non-hydrogen) atoms. The number of hydrogen-bond acceptors (Lipinski definition) is 4. The minimum Gasteiger partial charge on any atom is -0.350 e. The Hall–Kier alpha value is -2.90. The molecule has 1 heterocycles. The average molecular weight is 315 g/mol. The summed E-state index contributed by atoms with van der Waals surface area (Å²) in [5, 5.41) is 12.9. The van der Waals surface area contributed by atoms with Crippen LogP contribution in [0.3, 0.4) is 0 Å². The maximum atomic E-state index is 11.8. The fourth-order valence-electron chi connectivity index (χ4n) is 1.89. The molecule has 0 unspecified atom stereocenters. The van der Waals surface area contributed by atoms with Crippen molar-refractivity contribution in [1.29, 1.82) is 0 Å². The summed E-state index contributed by atoms with van der Waals surface area (Å²) < 4.78 is 1.67. The van der Waals surface area contributed by atoms with Crippen molar-refractivity contribution in [3.8, 4) is 0 Å². The first-order valence-electron chi connectivity index (χ1n) is 7.27. The van der Waals surface area contributed by atoms with Crippen molar-refractivity contribution < 1.29 is 4.79 Å². The smallest absolute Gasteiger partial charge is 0.239 e. The number of aromatic nitrogens is 3. The molecule has 8 nitrogen and oxygen atoms in total. The SMILES string of the molecule is CN=C(NCC(=O)NCc1ccccc1)NCc1ncnn1C. The Balaban J connectivity index is 1.70. The van der Waals surface area contributed by atoms with Gasteiger partial charge in [-0.25, -0.2) is 4.98 Å². The minimum absolute atomic E-state index is 0.101. The zero-order chi connectivity index (χ0) is 16.5. The molecular weight excluding hydrogens is 294 g/mol. The second-order valence-electron chi connectivity index (χ2n) is 4.84. The molecule has 0 atom stereocenters. The van der Waals surface area contributed by atoms with Gasteiger partial charge in [0.2, 0.25) is 5.91 Å². The molecule has 1 aromatic carbocycles. The fraction of sp³-hybridized carbons (Fsp3) is 0.333. The highest BCUT2D eigenvalue weighted by Crippen LogP contribution is 1.96. The van der Waals surface area contributed by atoms with Crippen LogP contribution in [0.4, 0.5) is 0 Å². The van der Waals surface area contributed by atoms with Crippen LogP contribution in [0.1, 0.15) is 11.4 Å². The minimum atomic E-state index is -0.101. The van der Waals surface area contributed by atoms with E-state index in [-0.39, 0.29) is 12.5 Å². The van der Waals surface area contributed by atoms with Crippen molar-refractivity contribution in [2.24, 2.45) is 12.0 Å². The van der Waals surface area contributed by atoms with E-state index in [1.54, 1.807) is 11.7 Å². The zero-order valence-electron chi connectivity index (χ0n) is 13.3. The van der Waals surface area contributed by atoms with E-state index in [9.17, 15) is 4.79 Å². The van der Waals surface area contributed by atoms with Gasteiger partial charge in [-0.2, -0.15) is 5.10 Å². The first kappa shape index (κ1) is 16.5. The van der Waals surface area contributed by atoms with E-state index in [0.29, 0.717) is 19.0 Å². The summed E-state index contributed by atoms with van der Waals surface area (Å²) in [6.07, 6.45) is 1.49. The van der Waals surface area contributed by atoms with E-state index >= 15 is 0 Å². The Morgan fingerprint density at radius 2 is 1.96 bits per heavy atom. The van der Waals surface area contributed by atoms with Gasteiger partial charge in [0.1, 0.15) is 12.2 Å². The molecule has 0 aliphatic rings. The lowest BCUT2D eigenvalue weighted by Crippen LogP contribution is -2.43. The summed E-state index contributed by atoms with van der Waals surface area (Å²) in [6, 6.07) is 9.76. The number of carbonyl (C=O) groups excluding carboxylic acids is 1. The molecule has 8 heteroatoms. The molecule has 0 spiro atoms. The van der Waals surface area contributed by atoms with Crippen LogP contribution in [0.5, 0.6) is 0 Å². The van der Waals surface area contributed by atoms with Crippen LogP contribution in [0.15, 0.2) is 41.7 Å². The van der Waals surface area contributed by atoms with E-state index in [1.807, 2.05) is 37.4 Å². The topological polar surface area (TPSA) is 96.2 Å². The second kappa shape index (κ2) is 8.52. The number of aryl methyl sites for hydroxylation is 1. The van der Waals surface area contributed by atoms with E-state index in [1.165, 1.54) is 6.33 Å². The molecule has 2 aromatic rings. The van der Waals surface area contributed by atoms with Gasteiger partial charge in [0, 0.05) is 20.6 Å². The van der Waals surface area contributed by atoms with Crippen LogP contribution in [-0.4, -0.2) is 40.2 Å². The lowest BCUT2D eigenvalue weighted by Gasteiger charge is -2.11. The van der Waals surface area contributed by atoms with Crippen molar-refractivity contribution in [2.75, 3.05) is 13.6 Å². The standard InChI is InChI=1S/C15H21N7O/c1-16-15(18-9-13-20-11-21-22(13)2)19-10-14(23)17-8-12-6-4-3-5-7-12/h3-7,11H,8-10H2,1-2H3,(H,17,23)(H2,16,18,19). The summed E-state index contributed by atoms with van der Waals surface area (Å²) in [5.41, 5.74) is 1.06. The van der Waals surface area contributed by atoms with Gasteiger partial charge < -0.3 is 16.0 Å². The number of benzene rings is 1. The van der Waals surface area contributed by atoms with Gasteiger partial charge in [0.25, 0.3) is 0 Å². The number of rotatable bonds is 6. The maximum Gasteiger partial charge on any atom is 0.239 e. The molecule has 0 saturated heterocycles.